The molecule has 4 nitrogen and oxygen atoms in total. The van der Waals surface area contributed by atoms with Gasteiger partial charge >= 0.3 is 0 Å². The van der Waals surface area contributed by atoms with E-state index in [1.54, 1.807) is 13.4 Å². The predicted molar refractivity (Wildman–Crippen MR) is 47.8 cm³/mol. The molecule has 1 aromatic heterocycles. The van der Waals surface area contributed by atoms with Crippen LogP contribution in [0.25, 0.3) is 0 Å². The molecule has 0 amide bonds. The Bertz CT molecular complexity index is 234. The van der Waals surface area contributed by atoms with Crippen LogP contribution in [0.5, 0.6) is 0 Å². The molecule has 0 aliphatic carbocycles. The standard InChI is InChI=1S/C8H15N3O/c1-7(3-4-12-2)11-5-8(9)10-6-11/h5-7H,3-4,9H2,1-2H3. The second-order valence-electron chi connectivity index (χ2n) is 2.88. The second kappa shape index (κ2) is 4.11. The van der Waals surface area contributed by atoms with Crippen molar-refractivity contribution in [2.75, 3.05) is 19.5 Å². The lowest BCUT2D eigenvalue weighted by Gasteiger charge is -2.11. The van der Waals surface area contributed by atoms with Gasteiger partial charge in [0.1, 0.15) is 5.82 Å². The van der Waals surface area contributed by atoms with Crippen LogP contribution in [0.4, 0.5) is 5.82 Å². The SMILES string of the molecule is COCCC(C)n1cnc(N)c1. The van der Waals surface area contributed by atoms with Crippen LogP contribution >= 0.6 is 0 Å². The smallest absolute Gasteiger partial charge is 0.141 e. The van der Waals surface area contributed by atoms with Gasteiger partial charge in [-0.1, -0.05) is 0 Å². The van der Waals surface area contributed by atoms with Gasteiger partial charge in [0.15, 0.2) is 0 Å². The fraction of sp³-hybridized carbons (Fsp3) is 0.625. The number of nitrogen functional groups attached to an aromatic ring is 1. The molecule has 12 heavy (non-hydrogen) atoms. The molecule has 0 radical (unpaired) electrons. The molecule has 1 unspecified atom stereocenters. The molecule has 4 heteroatoms. The largest absolute Gasteiger partial charge is 0.385 e. The summed E-state index contributed by atoms with van der Waals surface area (Å²) in [5.74, 6) is 0.569. The lowest BCUT2D eigenvalue weighted by Crippen LogP contribution is -2.05. The Morgan fingerprint density at radius 3 is 3.00 bits per heavy atom. The Morgan fingerprint density at radius 1 is 1.75 bits per heavy atom. The van der Waals surface area contributed by atoms with Gasteiger partial charge in [-0.15, -0.1) is 0 Å². The van der Waals surface area contributed by atoms with E-state index in [9.17, 15) is 0 Å². The van der Waals surface area contributed by atoms with Gasteiger partial charge in [0.2, 0.25) is 0 Å². The Hall–Kier alpha value is -1.03. The molecule has 0 bridgehead atoms. The van der Waals surface area contributed by atoms with Crippen LogP contribution in [0.1, 0.15) is 19.4 Å². The molecule has 0 saturated carbocycles. The highest BCUT2D eigenvalue weighted by Gasteiger charge is 2.03. The molecule has 0 aromatic carbocycles. The summed E-state index contributed by atoms with van der Waals surface area (Å²) in [6.07, 6.45) is 4.56. The molecule has 2 N–H and O–H groups in total. The first-order valence-electron chi connectivity index (χ1n) is 4.02. The minimum absolute atomic E-state index is 0.398. The number of anilines is 1. The van der Waals surface area contributed by atoms with E-state index < -0.39 is 0 Å². The monoisotopic (exact) mass is 169 g/mol. The number of rotatable bonds is 4. The van der Waals surface area contributed by atoms with Crippen molar-refractivity contribution in [2.45, 2.75) is 19.4 Å². The molecule has 0 fully saturated rings. The van der Waals surface area contributed by atoms with Gasteiger partial charge in [0.05, 0.1) is 6.33 Å². The van der Waals surface area contributed by atoms with Crippen LogP contribution in [-0.4, -0.2) is 23.3 Å². The zero-order chi connectivity index (χ0) is 8.97. The highest BCUT2D eigenvalue weighted by Crippen LogP contribution is 2.11. The zero-order valence-corrected chi connectivity index (χ0v) is 7.53. The van der Waals surface area contributed by atoms with Gasteiger partial charge in [-0.3, -0.25) is 0 Å². The predicted octanol–water partition coefficient (Wildman–Crippen LogP) is 1.06. The number of aromatic nitrogens is 2. The summed E-state index contributed by atoms with van der Waals surface area (Å²) in [5.41, 5.74) is 5.48. The lowest BCUT2D eigenvalue weighted by molar-refractivity contribution is 0.181. The third-order valence-corrected chi connectivity index (χ3v) is 1.87. The van der Waals surface area contributed by atoms with Crippen molar-refractivity contribution in [3.63, 3.8) is 0 Å². The summed E-state index contributed by atoms with van der Waals surface area (Å²) in [4.78, 5) is 3.95. The summed E-state index contributed by atoms with van der Waals surface area (Å²) in [6.45, 7) is 2.87. The third-order valence-electron chi connectivity index (χ3n) is 1.87. The van der Waals surface area contributed by atoms with Gasteiger partial charge in [-0.25, -0.2) is 4.98 Å². The molecule has 1 heterocycles. The van der Waals surface area contributed by atoms with Gasteiger partial charge in [0, 0.05) is 26.0 Å². The summed E-state index contributed by atoms with van der Waals surface area (Å²) in [7, 11) is 1.70. The van der Waals surface area contributed by atoms with E-state index in [2.05, 4.69) is 11.9 Å². The Labute approximate surface area is 72.3 Å². The molecular formula is C8H15N3O. The number of hydrogen-bond acceptors (Lipinski definition) is 3. The average molecular weight is 169 g/mol. The molecule has 0 saturated heterocycles. The normalized spacial score (nSPS) is 13.2. The van der Waals surface area contributed by atoms with Crippen molar-refractivity contribution in [3.8, 4) is 0 Å². The molecular weight excluding hydrogens is 154 g/mol. The van der Waals surface area contributed by atoms with Gasteiger partial charge in [-0.05, 0) is 13.3 Å². The highest BCUT2D eigenvalue weighted by molar-refractivity contribution is 5.22. The second-order valence-corrected chi connectivity index (χ2v) is 2.88. The zero-order valence-electron chi connectivity index (χ0n) is 7.53. The number of hydrogen-bond donors (Lipinski definition) is 1. The van der Waals surface area contributed by atoms with Crippen molar-refractivity contribution in [1.82, 2.24) is 9.55 Å². The number of nitrogens with zero attached hydrogens (tertiary/aromatic N) is 2. The number of imidazole rings is 1. The van der Waals surface area contributed by atoms with E-state index >= 15 is 0 Å². The number of ether oxygens (including phenoxy) is 1. The Morgan fingerprint density at radius 2 is 2.50 bits per heavy atom. The van der Waals surface area contributed by atoms with Gasteiger partial charge in [-0.2, -0.15) is 0 Å². The van der Waals surface area contributed by atoms with E-state index in [4.69, 9.17) is 10.5 Å². The quantitative estimate of drug-likeness (QED) is 0.733. The van der Waals surface area contributed by atoms with Crippen LogP contribution in [0.2, 0.25) is 0 Å². The minimum Gasteiger partial charge on any atom is -0.385 e. The Kier molecular flexibility index (Phi) is 3.10. The summed E-state index contributed by atoms with van der Waals surface area (Å²) >= 11 is 0. The van der Waals surface area contributed by atoms with E-state index in [0.717, 1.165) is 13.0 Å². The molecule has 68 valence electrons. The molecule has 0 spiro atoms. The molecule has 1 aromatic rings. The van der Waals surface area contributed by atoms with Crippen molar-refractivity contribution < 1.29 is 4.74 Å². The fourth-order valence-electron chi connectivity index (χ4n) is 1.03. The fourth-order valence-corrected chi connectivity index (χ4v) is 1.03. The summed E-state index contributed by atoms with van der Waals surface area (Å²) < 4.78 is 6.97. The van der Waals surface area contributed by atoms with Crippen molar-refractivity contribution in [2.24, 2.45) is 0 Å². The van der Waals surface area contributed by atoms with E-state index in [-0.39, 0.29) is 0 Å². The van der Waals surface area contributed by atoms with Crippen LogP contribution in [0.15, 0.2) is 12.5 Å². The average Bonchev–Trinajstić information content (AvgIpc) is 2.47. The first-order chi connectivity index (χ1) is 5.74. The molecule has 1 atom stereocenters. The lowest BCUT2D eigenvalue weighted by atomic mass is 10.2. The summed E-state index contributed by atoms with van der Waals surface area (Å²) in [5, 5.41) is 0. The molecule has 1 rings (SSSR count). The molecule has 0 aliphatic heterocycles. The van der Waals surface area contributed by atoms with E-state index in [0.29, 0.717) is 11.9 Å². The first kappa shape index (κ1) is 9.06. The third kappa shape index (κ3) is 2.23. The van der Waals surface area contributed by atoms with E-state index in [1.807, 2.05) is 10.8 Å². The van der Waals surface area contributed by atoms with Crippen molar-refractivity contribution in [1.29, 1.82) is 0 Å². The number of nitrogens with two attached hydrogens (primary N) is 1. The number of methoxy groups -OCH3 is 1. The van der Waals surface area contributed by atoms with Crippen LogP contribution < -0.4 is 5.73 Å². The summed E-state index contributed by atoms with van der Waals surface area (Å²) in [6, 6.07) is 0.398. The maximum Gasteiger partial charge on any atom is 0.141 e. The van der Waals surface area contributed by atoms with E-state index in [1.165, 1.54) is 0 Å². The van der Waals surface area contributed by atoms with Crippen LogP contribution in [0, 0.1) is 0 Å². The topological polar surface area (TPSA) is 53.1 Å². The van der Waals surface area contributed by atoms with Crippen molar-refractivity contribution in [3.05, 3.63) is 12.5 Å². The maximum atomic E-state index is 5.48. The van der Waals surface area contributed by atoms with Gasteiger partial charge < -0.3 is 15.0 Å². The van der Waals surface area contributed by atoms with Gasteiger partial charge in [0.25, 0.3) is 0 Å². The Balaban J connectivity index is 2.47. The minimum atomic E-state index is 0.398. The first-order valence-corrected chi connectivity index (χ1v) is 4.02. The maximum absolute atomic E-state index is 5.48. The van der Waals surface area contributed by atoms with Crippen molar-refractivity contribution >= 4 is 5.82 Å². The van der Waals surface area contributed by atoms with Crippen LogP contribution in [-0.2, 0) is 4.74 Å². The molecule has 0 aliphatic rings. The highest BCUT2D eigenvalue weighted by atomic mass is 16.5. The van der Waals surface area contributed by atoms with Crippen LogP contribution in [0.3, 0.4) is 0 Å².